The van der Waals surface area contributed by atoms with E-state index in [0.29, 0.717) is 25.9 Å². The molecule has 0 saturated carbocycles. The highest BCUT2D eigenvalue weighted by Crippen LogP contribution is 2.41. The number of likely N-dealkylation sites (tertiary alicyclic amines) is 1. The minimum absolute atomic E-state index is 0.0878. The van der Waals surface area contributed by atoms with Crippen LogP contribution in [0.1, 0.15) is 39.5 Å². The number of halogens is 1. The van der Waals surface area contributed by atoms with E-state index in [2.05, 4.69) is 20.4 Å². The SMILES string of the molecule is CC(C)C(NC(=O)O)C(=O)N1CCC2(CC1)C[C@H](CCN1CCN(c3ccc(F)cc3)CC1)NC2=O. The number of rotatable bonds is 7. The van der Waals surface area contributed by atoms with Gasteiger partial charge in [0.05, 0.1) is 5.41 Å². The number of hydrogen-bond acceptors (Lipinski definition) is 5. The molecule has 0 bridgehead atoms. The summed E-state index contributed by atoms with van der Waals surface area (Å²) in [7, 11) is 0. The van der Waals surface area contributed by atoms with Gasteiger partial charge in [0.25, 0.3) is 0 Å². The lowest BCUT2D eigenvalue weighted by Crippen LogP contribution is -2.54. The Morgan fingerprint density at radius 2 is 1.75 bits per heavy atom. The van der Waals surface area contributed by atoms with E-state index < -0.39 is 17.6 Å². The second kappa shape index (κ2) is 11.0. The van der Waals surface area contributed by atoms with Crippen molar-refractivity contribution in [2.75, 3.05) is 50.7 Å². The Bertz CT molecular complexity index is 940. The summed E-state index contributed by atoms with van der Waals surface area (Å²) in [5.41, 5.74) is 0.611. The van der Waals surface area contributed by atoms with Crippen LogP contribution in [0, 0.1) is 17.2 Å². The molecule has 10 heteroatoms. The Morgan fingerprint density at radius 3 is 2.33 bits per heavy atom. The first kappa shape index (κ1) is 26.2. The quantitative estimate of drug-likeness (QED) is 0.527. The van der Waals surface area contributed by atoms with E-state index in [-0.39, 0.29) is 29.6 Å². The predicted molar refractivity (Wildman–Crippen MR) is 134 cm³/mol. The van der Waals surface area contributed by atoms with Crippen molar-refractivity contribution < 1.29 is 23.9 Å². The number of piperazine rings is 1. The van der Waals surface area contributed by atoms with Gasteiger partial charge in [0.2, 0.25) is 11.8 Å². The van der Waals surface area contributed by atoms with Gasteiger partial charge >= 0.3 is 6.09 Å². The summed E-state index contributed by atoms with van der Waals surface area (Å²) in [6, 6.07) is 6.00. The molecule has 9 nitrogen and oxygen atoms in total. The van der Waals surface area contributed by atoms with E-state index >= 15 is 0 Å². The fourth-order valence-corrected chi connectivity index (χ4v) is 5.78. The van der Waals surface area contributed by atoms with Gasteiger partial charge in [0, 0.05) is 57.5 Å². The zero-order valence-electron chi connectivity index (χ0n) is 21.2. The van der Waals surface area contributed by atoms with Crippen LogP contribution in [0.25, 0.3) is 0 Å². The minimum Gasteiger partial charge on any atom is -0.465 e. The Morgan fingerprint density at radius 1 is 1.11 bits per heavy atom. The number of piperidine rings is 1. The Kier molecular flexibility index (Phi) is 8.02. The van der Waals surface area contributed by atoms with Crippen LogP contribution in [0.2, 0.25) is 0 Å². The average Bonchev–Trinajstić information content (AvgIpc) is 3.16. The molecule has 4 rings (SSSR count). The van der Waals surface area contributed by atoms with Crippen LogP contribution in [0.5, 0.6) is 0 Å². The molecule has 3 fully saturated rings. The molecule has 198 valence electrons. The summed E-state index contributed by atoms with van der Waals surface area (Å²) in [5.74, 6) is -0.496. The van der Waals surface area contributed by atoms with E-state index in [1.807, 2.05) is 26.0 Å². The van der Waals surface area contributed by atoms with Crippen molar-refractivity contribution in [3.63, 3.8) is 0 Å². The molecule has 36 heavy (non-hydrogen) atoms. The molecular formula is C26H38FN5O4. The van der Waals surface area contributed by atoms with Crippen molar-refractivity contribution in [3.05, 3.63) is 30.1 Å². The maximum absolute atomic E-state index is 13.2. The third kappa shape index (κ3) is 5.91. The lowest BCUT2D eigenvalue weighted by molar-refractivity contribution is -0.140. The normalized spacial score (nSPS) is 23.1. The van der Waals surface area contributed by atoms with Gasteiger partial charge in [0.15, 0.2) is 0 Å². The van der Waals surface area contributed by atoms with Gasteiger partial charge in [0.1, 0.15) is 11.9 Å². The summed E-state index contributed by atoms with van der Waals surface area (Å²) in [6.07, 6.45) is 1.69. The maximum Gasteiger partial charge on any atom is 0.405 e. The van der Waals surface area contributed by atoms with E-state index in [0.717, 1.165) is 51.3 Å². The lowest BCUT2D eigenvalue weighted by Gasteiger charge is -2.39. The van der Waals surface area contributed by atoms with Crippen LogP contribution in [0.4, 0.5) is 14.9 Å². The van der Waals surface area contributed by atoms with Gasteiger partial charge in [-0.15, -0.1) is 0 Å². The number of carbonyl (C=O) groups excluding carboxylic acids is 2. The lowest BCUT2D eigenvalue weighted by atomic mass is 9.75. The summed E-state index contributed by atoms with van der Waals surface area (Å²) in [6.45, 7) is 9.14. The van der Waals surface area contributed by atoms with Gasteiger partial charge < -0.3 is 25.5 Å². The first-order valence-corrected chi connectivity index (χ1v) is 13.0. The standard InChI is InChI=1S/C26H38FN5O4/c1-18(2)22(29-25(35)36)23(33)32-11-8-26(9-12-32)17-20(28-24(26)34)7-10-30-13-15-31(16-14-30)21-5-3-19(27)4-6-21/h3-6,18,20,22,29H,7-17H2,1-2H3,(H,28,34)(H,35,36)/t20-,22?/m0/s1. The highest BCUT2D eigenvalue weighted by atomic mass is 19.1. The zero-order chi connectivity index (χ0) is 25.9. The predicted octanol–water partition coefficient (Wildman–Crippen LogP) is 2.13. The molecule has 1 aromatic carbocycles. The molecule has 2 atom stereocenters. The third-order valence-corrected chi connectivity index (χ3v) is 8.06. The molecule has 3 saturated heterocycles. The fraction of sp³-hybridized carbons (Fsp3) is 0.654. The highest BCUT2D eigenvalue weighted by molar-refractivity contribution is 5.87. The van der Waals surface area contributed by atoms with Crippen molar-refractivity contribution >= 4 is 23.6 Å². The molecular weight excluding hydrogens is 465 g/mol. The third-order valence-electron chi connectivity index (χ3n) is 8.06. The molecule has 0 aliphatic carbocycles. The number of nitrogens with one attached hydrogen (secondary N) is 2. The largest absolute Gasteiger partial charge is 0.465 e. The van der Waals surface area contributed by atoms with Crippen molar-refractivity contribution in [2.45, 2.75) is 51.6 Å². The second-order valence-electron chi connectivity index (χ2n) is 10.7. The van der Waals surface area contributed by atoms with E-state index in [1.54, 1.807) is 4.90 Å². The summed E-state index contributed by atoms with van der Waals surface area (Å²) in [5, 5.41) is 14.6. The van der Waals surface area contributed by atoms with Crippen LogP contribution < -0.4 is 15.5 Å². The number of hydrogen-bond donors (Lipinski definition) is 3. The molecule has 3 aliphatic rings. The molecule has 1 spiro atoms. The smallest absolute Gasteiger partial charge is 0.405 e. The van der Waals surface area contributed by atoms with Crippen LogP contribution in [-0.2, 0) is 9.59 Å². The van der Waals surface area contributed by atoms with Crippen molar-refractivity contribution in [2.24, 2.45) is 11.3 Å². The first-order chi connectivity index (χ1) is 17.2. The van der Waals surface area contributed by atoms with Crippen molar-refractivity contribution in [1.82, 2.24) is 20.4 Å². The van der Waals surface area contributed by atoms with Crippen LogP contribution in [0.3, 0.4) is 0 Å². The number of nitrogens with zero attached hydrogens (tertiary/aromatic N) is 3. The van der Waals surface area contributed by atoms with E-state index in [4.69, 9.17) is 5.11 Å². The number of benzene rings is 1. The Labute approximate surface area is 212 Å². The Hall–Kier alpha value is -2.88. The summed E-state index contributed by atoms with van der Waals surface area (Å²) >= 11 is 0. The highest BCUT2D eigenvalue weighted by Gasteiger charge is 2.49. The molecule has 3 N–H and O–H groups in total. The zero-order valence-corrected chi connectivity index (χ0v) is 21.2. The summed E-state index contributed by atoms with van der Waals surface area (Å²) in [4.78, 5) is 43.3. The van der Waals surface area contributed by atoms with Gasteiger partial charge in [-0.05, 0) is 55.9 Å². The molecule has 0 aromatic heterocycles. The number of carboxylic acid groups (broad SMARTS) is 1. The van der Waals surface area contributed by atoms with Crippen molar-refractivity contribution in [3.8, 4) is 0 Å². The van der Waals surface area contributed by atoms with Gasteiger partial charge in [-0.3, -0.25) is 14.5 Å². The van der Waals surface area contributed by atoms with E-state index in [1.165, 1.54) is 12.1 Å². The Balaban J connectivity index is 1.22. The molecule has 3 aliphatic heterocycles. The van der Waals surface area contributed by atoms with Crippen LogP contribution in [0.15, 0.2) is 24.3 Å². The fourth-order valence-electron chi connectivity index (χ4n) is 5.78. The maximum atomic E-state index is 13.2. The molecule has 1 aromatic rings. The van der Waals surface area contributed by atoms with Gasteiger partial charge in [-0.25, -0.2) is 9.18 Å². The van der Waals surface area contributed by atoms with Gasteiger partial charge in [-0.1, -0.05) is 13.8 Å². The van der Waals surface area contributed by atoms with E-state index in [9.17, 15) is 18.8 Å². The monoisotopic (exact) mass is 503 g/mol. The molecule has 3 amide bonds. The molecule has 0 radical (unpaired) electrons. The average molecular weight is 504 g/mol. The number of amides is 3. The number of anilines is 1. The summed E-state index contributed by atoms with van der Waals surface area (Å²) < 4.78 is 13.2. The number of carbonyl (C=O) groups is 3. The van der Waals surface area contributed by atoms with Crippen LogP contribution in [-0.4, -0.2) is 90.7 Å². The topological polar surface area (TPSA) is 105 Å². The van der Waals surface area contributed by atoms with Crippen molar-refractivity contribution in [1.29, 1.82) is 0 Å². The minimum atomic E-state index is -1.20. The first-order valence-electron chi connectivity index (χ1n) is 13.0. The molecule has 3 heterocycles. The molecule has 1 unspecified atom stereocenters. The van der Waals surface area contributed by atoms with Crippen LogP contribution >= 0.6 is 0 Å². The second-order valence-corrected chi connectivity index (χ2v) is 10.7. The van der Waals surface area contributed by atoms with Gasteiger partial charge in [-0.2, -0.15) is 0 Å².